The molecule has 30 heavy (non-hydrogen) atoms. The summed E-state index contributed by atoms with van der Waals surface area (Å²) < 4.78 is 1.76. The van der Waals surface area contributed by atoms with Crippen molar-refractivity contribution < 1.29 is 4.79 Å². The Balaban J connectivity index is 0.000000180. The number of carbonyl (C=O) groups excluding carboxylic acids is 1. The molecule has 0 aliphatic carbocycles. The summed E-state index contributed by atoms with van der Waals surface area (Å²) in [5, 5.41) is 3.32. The van der Waals surface area contributed by atoms with Gasteiger partial charge in [-0.05, 0) is 51.9 Å². The van der Waals surface area contributed by atoms with E-state index < -0.39 is 5.41 Å². The van der Waals surface area contributed by atoms with Crippen molar-refractivity contribution in [2.45, 2.75) is 52.0 Å². The highest BCUT2D eigenvalue weighted by Crippen LogP contribution is 2.40. The highest BCUT2D eigenvalue weighted by atomic mass is 35.5. The number of piperidine rings is 1. The lowest BCUT2D eigenvalue weighted by Gasteiger charge is -2.32. The summed E-state index contributed by atoms with van der Waals surface area (Å²) in [6.45, 7) is 9.79. The molecule has 4 heterocycles. The second-order valence-corrected chi connectivity index (χ2v) is 9.06. The first-order chi connectivity index (χ1) is 14.5. The first kappa shape index (κ1) is 22.6. The molecule has 1 aromatic carbocycles. The Morgan fingerprint density at radius 2 is 1.80 bits per heavy atom. The first-order valence-corrected chi connectivity index (χ1v) is 11.5. The van der Waals surface area contributed by atoms with Gasteiger partial charge in [-0.25, -0.2) is 9.97 Å². The van der Waals surface area contributed by atoms with E-state index in [4.69, 9.17) is 11.6 Å². The maximum atomic E-state index is 12.6. The Morgan fingerprint density at radius 3 is 2.50 bits per heavy atom. The van der Waals surface area contributed by atoms with Gasteiger partial charge >= 0.3 is 0 Å². The molecule has 0 unspecified atom stereocenters. The minimum Gasteiger partial charge on any atom is -0.317 e. The molecule has 6 nitrogen and oxygen atoms in total. The summed E-state index contributed by atoms with van der Waals surface area (Å²) in [6.07, 6.45) is 5.30. The second kappa shape index (κ2) is 9.81. The molecule has 0 atom stereocenters. The van der Waals surface area contributed by atoms with Gasteiger partial charge in [0.05, 0.1) is 21.3 Å². The van der Waals surface area contributed by atoms with E-state index in [9.17, 15) is 4.79 Å². The molecule has 1 saturated heterocycles. The lowest BCUT2D eigenvalue weighted by molar-refractivity contribution is -0.122. The van der Waals surface area contributed by atoms with Crippen LogP contribution in [0.15, 0.2) is 36.7 Å². The number of benzene rings is 1. The Bertz CT molecular complexity index is 967. The van der Waals surface area contributed by atoms with Crippen LogP contribution in [-0.2, 0) is 10.2 Å². The number of para-hydroxylation sites is 1. The van der Waals surface area contributed by atoms with Crippen molar-refractivity contribution in [1.82, 2.24) is 20.3 Å². The van der Waals surface area contributed by atoms with Crippen molar-refractivity contribution in [3.05, 3.63) is 46.8 Å². The van der Waals surface area contributed by atoms with Gasteiger partial charge in [-0.1, -0.05) is 37.6 Å². The zero-order valence-electron chi connectivity index (χ0n) is 17.9. The number of amides is 1. The van der Waals surface area contributed by atoms with E-state index in [2.05, 4.69) is 20.3 Å². The minimum absolute atomic E-state index is 0.135. The van der Waals surface area contributed by atoms with Gasteiger partial charge in [0.2, 0.25) is 5.91 Å². The van der Waals surface area contributed by atoms with Crippen LogP contribution in [0, 0.1) is 0 Å². The average Bonchev–Trinajstić information content (AvgIpc) is 3.25. The summed E-state index contributed by atoms with van der Waals surface area (Å²) in [6, 6.07) is 8.17. The van der Waals surface area contributed by atoms with Crippen molar-refractivity contribution in [2.24, 2.45) is 0 Å². The minimum atomic E-state index is -0.547. The fourth-order valence-electron chi connectivity index (χ4n) is 3.69. The molecule has 1 N–H and O–H groups in total. The molecule has 0 saturated carbocycles. The molecular formula is C22H28ClN5OS. The van der Waals surface area contributed by atoms with Crippen LogP contribution < -0.4 is 10.2 Å². The van der Waals surface area contributed by atoms with Crippen LogP contribution in [0.3, 0.4) is 0 Å². The number of thiazole rings is 1. The predicted molar refractivity (Wildman–Crippen MR) is 124 cm³/mol. The van der Waals surface area contributed by atoms with E-state index in [1.165, 1.54) is 11.3 Å². The number of rotatable bonds is 1. The second-order valence-electron chi connectivity index (χ2n) is 7.44. The van der Waals surface area contributed by atoms with Crippen LogP contribution in [0.5, 0.6) is 0 Å². The van der Waals surface area contributed by atoms with Crippen molar-refractivity contribution in [1.29, 1.82) is 0 Å². The number of carbonyl (C=O) groups is 1. The van der Waals surface area contributed by atoms with Gasteiger partial charge in [-0.15, -0.1) is 11.3 Å². The van der Waals surface area contributed by atoms with Crippen LogP contribution in [0.2, 0.25) is 4.47 Å². The van der Waals surface area contributed by atoms with E-state index in [1.807, 2.05) is 56.9 Å². The standard InChI is InChI=1S/C13H18N4O.C7H4ClNS.C2H6/c1-13(2)10-11(16-8-7-15-10)17(12(13)18)9-3-5-14-6-4-9;8-7-9-5-3-1-2-4-6(5)10-7;1-2/h7-9,14H,3-6H2,1-2H3;1-4H;1-2H3. The zero-order chi connectivity index (χ0) is 21.7. The van der Waals surface area contributed by atoms with Gasteiger partial charge in [-0.3, -0.25) is 14.7 Å². The van der Waals surface area contributed by atoms with Crippen LogP contribution in [0.4, 0.5) is 5.82 Å². The van der Waals surface area contributed by atoms with Crippen molar-refractivity contribution >= 4 is 44.9 Å². The third-order valence-corrected chi connectivity index (χ3v) is 6.34. The molecule has 1 amide bonds. The summed E-state index contributed by atoms with van der Waals surface area (Å²) in [5.74, 6) is 0.898. The largest absolute Gasteiger partial charge is 0.317 e. The van der Waals surface area contributed by atoms with Gasteiger partial charge < -0.3 is 5.32 Å². The van der Waals surface area contributed by atoms with Crippen molar-refractivity contribution in [3.63, 3.8) is 0 Å². The monoisotopic (exact) mass is 445 g/mol. The topological polar surface area (TPSA) is 71.0 Å². The molecule has 0 spiro atoms. The quantitative estimate of drug-likeness (QED) is 0.580. The third kappa shape index (κ3) is 4.48. The Kier molecular flexibility index (Phi) is 7.39. The number of halogens is 1. The van der Waals surface area contributed by atoms with Crippen LogP contribution in [-0.4, -0.2) is 40.0 Å². The molecule has 1 fully saturated rings. The molecule has 2 aliphatic rings. The van der Waals surface area contributed by atoms with Gasteiger partial charge in [0.1, 0.15) is 0 Å². The van der Waals surface area contributed by atoms with Crippen molar-refractivity contribution in [3.8, 4) is 0 Å². The van der Waals surface area contributed by atoms with Gasteiger partial charge in [-0.2, -0.15) is 0 Å². The number of aromatic nitrogens is 3. The van der Waals surface area contributed by atoms with E-state index in [1.54, 1.807) is 12.4 Å². The molecular weight excluding hydrogens is 418 g/mol. The molecule has 0 bridgehead atoms. The first-order valence-electron chi connectivity index (χ1n) is 10.4. The summed E-state index contributed by atoms with van der Waals surface area (Å²) in [4.78, 5) is 27.3. The molecule has 5 rings (SSSR count). The maximum absolute atomic E-state index is 12.6. The fraction of sp³-hybridized carbons (Fsp3) is 0.455. The van der Waals surface area contributed by atoms with E-state index in [0.29, 0.717) is 4.47 Å². The molecule has 2 aliphatic heterocycles. The maximum Gasteiger partial charge on any atom is 0.240 e. The number of nitrogens with zero attached hydrogens (tertiary/aromatic N) is 4. The Morgan fingerprint density at radius 1 is 1.13 bits per heavy atom. The lowest BCUT2D eigenvalue weighted by atomic mass is 9.91. The lowest BCUT2D eigenvalue weighted by Crippen LogP contribution is -2.47. The van der Waals surface area contributed by atoms with E-state index in [0.717, 1.165) is 47.7 Å². The van der Waals surface area contributed by atoms with Gasteiger partial charge in [0.15, 0.2) is 10.3 Å². The average molecular weight is 446 g/mol. The Labute approximate surface area is 186 Å². The van der Waals surface area contributed by atoms with Crippen LogP contribution in [0.25, 0.3) is 10.2 Å². The SMILES string of the molecule is CC.CC1(C)C(=O)N(C2CCNCC2)c2nccnc21.Clc1nc2ccccc2s1. The van der Waals surface area contributed by atoms with Crippen molar-refractivity contribution in [2.75, 3.05) is 18.0 Å². The number of hydrogen-bond acceptors (Lipinski definition) is 6. The molecule has 8 heteroatoms. The third-order valence-electron chi connectivity index (χ3n) is 5.19. The highest BCUT2D eigenvalue weighted by molar-refractivity contribution is 7.22. The van der Waals surface area contributed by atoms with Gasteiger partial charge in [0.25, 0.3) is 0 Å². The van der Waals surface area contributed by atoms with Crippen LogP contribution >= 0.6 is 22.9 Å². The normalized spacial score (nSPS) is 17.6. The van der Waals surface area contributed by atoms with Crippen LogP contribution in [0.1, 0.15) is 46.2 Å². The number of fused-ring (bicyclic) bond motifs is 2. The fourth-order valence-corrected chi connectivity index (χ4v) is 4.72. The number of hydrogen-bond donors (Lipinski definition) is 1. The van der Waals surface area contributed by atoms with Gasteiger partial charge in [0, 0.05) is 18.4 Å². The van der Waals surface area contributed by atoms with E-state index in [-0.39, 0.29) is 11.9 Å². The zero-order valence-corrected chi connectivity index (χ0v) is 19.4. The summed E-state index contributed by atoms with van der Waals surface area (Å²) in [5.41, 5.74) is 1.25. The predicted octanol–water partition coefficient (Wildman–Crippen LogP) is 4.83. The molecule has 3 aromatic rings. The number of anilines is 1. The highest BCUT2D eigenvalue weighted by Gasteiger charge is 2.48. The Hall–Kier alpha value is -2.09. The molecule has 160 valence electrons. The molecule has 0 radical (unpaired) electrons. The summed E-state index contributed by atoms with van der Waals surface area (Å²) >= 11 is 7.20. The smallest absolute Gasteiger partial charge is 0.240 e. The molecule has 2 aromatic heterocycles. The van der Waals surface area contributed by atoms with E-state index >= 15 is 0 Å². The number of nitrogens with one attached hydrogen (secondary N) is 1. The summed E-state index contributed by atoms with van der Waals surface area (Å²) in [7, 11) is 0.